The molecule has 6 nitrogen and oxygen atoms in total. The minimum Gasteiger partial charge on any atom is -0.317 e. The molecule has 1 aromatic heterocycles. The number of carbonyl (C=O) groups excluding carboxylic acids is 1. The molecule has 1 unspecified atom stereocenters. The van der Waals surface area contributed by atoms with Gasteiger partial charge in [-0.3, -0.25) is 4.79 Å². The molecule has 158 valence electrons. The fraction of sp³-hybridized carbons (Fsp3) is 0.333. The van der Waals surface area contributed by atoms with Crippen LogP contribution in [0.3, 0.4) is 0 Å². The summed E-state index contributed by atoms with van der Waals surface area (Å²) in [4.78, 5) is 17.9. The van der Waals surface area contributed by atoms with Crippen molar-refractivity contribution in [2.24, 2.45) is 4.99 Å². The van der Waals surface area contributed by atoms with Gasteiger partial charge in [-0.25, -0.2) is 12.8 Å². The van der Waals surface area contributed by atoms with Gasteiger partial charge < -0.3 is 4.57 Å². The lowest BCUT2D eigenvalue weighted by molar-refractivity contribution is -0.121. The Morgan fingerprint density at radius 1 is 1.23 bits per heavy atom. The molecule has 30 heavy (non-hydrogen) atoms. The quantitative estimate of drug-likeness (QED) is 0.615. The zero-order valence-electron chi connectivity index (χ0n) is 16.7. The minimum atomic E-state index is -3.91. The maximum Gasteiger partial charge on any atom is 0.266 e. The van der Waals surface area contributed by atoms with Gasteiger partial charge in [0.05, 0.1) is 15.1 Å². The highest BCUT2D eigenvalue weighted by molar-refractivity contribution is 7.89. The lowest BCUT2D eigenvalue weighted by Gasteiger charge is -2.21. The molecule has 3 aromatic rings. The van der Waals surface area contributed by atoms with Crippen LogP contribution in [0.2, 0.25) is 0 Å². The molecule has 1 aliphatic heterocycles. The molecule has 2 aromatic carbocycles. The molecule has 1 saturated heterocycles. The summed E-state index contributed by atoms with van der Waals surface area (Å²) >= 11 is 1.42. The van der Waals surface area contributed by atoms with E-state index in [1.807, 2.05) is 30.5 Å². The topological polar surface area (TPSA) is 71.7 Å². The van der Waals surface area contributed by atoms with Gasteiger partial charge in [0, 0.05) is 13.1 Å². The predicted molar refractivity (Wildman–Crippen MR) is 114 cm³/mol. The molecule has 0 bridgehead atoms. The van der Waals surface area contributed by atoms with Crippen LogP contribution in [0.4, 0.5) is 4.39 Å². The third-order valence-corrected chi connectivity index (χ3v) is 8.23. The molecule has 2 heterocycles. The molecule has 0 spiro atoms. The Hall–Kier alpha value is -2.36. The van der Waals surface area contributed by atoms with Crippen LogP contribution in [0.1, 0.15) is 25.3 Å². The lowest BCUT2D eigenvalue weighted by Crippen LogP contribution is -2.40. The van der Waals surface area contributed by atoms with Crippen LogP contribution in [0, 0.1) is 12.7 Å². The van der Waals surface area contributed by atoms with Crippen LogP contribution < -0.4 is 4.80 Å². The zero-order chi connectivity index (χ0) is 21.5. The number of benzene rings is 2. The highest BCUT2D eigenvalue weighted by Gasteiger charge is 2.39. The number of thiazole rings is 1. The van der Waals surface area contributed by atoms with E-state index in [9.17, 15) is 17.6 Å². The van der Waals surface area contributed by atoms with Crippen molar-refractivity contribution in [3.05, 3.63) is 58.6 Å². The zero-order valence-corrected chi connectivity index (χ0v) is 18.3. The normalized spacial score (nSPS) is 18.4. The van der Waals surface area contributed by atoms with E-state index in [0.717, 1.165) is 27.9 Å². The molecule has 0 saturated carbocycles. The highest BCUT2D eigenvalue weighted by atomic mass is 32.2. The third-order valence-electron chi connectivity index (χ3n) is 5.27. The van der Waals surface area contributed by atoms with Crippen molar-refractivity contribution in [2.45, 2.75) is 44.2 Å². The summed E-state index contributed by atoms with van der Waals surface area (Å²) in [6, 6.07) is 9.88. The Morgan fingerprint density at radius 3 is 2.67 bits per heavy atom. The first-order valence-electron chi connectivity index (χ1n) is 9.77. The summed E-state index contributed by atoms with van der Waals surface area (Å²) < 4.78 is 43.4. The van der Waals surface area contributed by atoms with Crippen molar-refractivity contribution in [1.29, 1.82) is 0 Å². The molecule has 1 fully saturated rings. The van der Waals surface area contributed by atoms with E-state index in [1.54, 1.807) is 0 Å². The van der Waals surface area contributed by atoms with Crippen LogP contribution in [0.25, 0.3) is 10.2 Å². The van der Waals surface area contributed by atoms with Gasteiger partial charge in [0.2, 0.25) is 10.0 Å². The minimum absolute atomic E-state index is 0.0236. The van der Waals surface area contributed by atoms with Crippen molar-refractivity contribution in [1.82, 2.24) is 8.87 Å². The Morgan fingerprint density at radius 2 is 1.97 bits per heavy atom. The Kier molecular flexibility index (Phi) is 5.61. The molecule has 0 aliphatic carbocycles. The van der Waals surface area contributed by atoms with Crippen LogP contribution in [0.15, 0.2) is 52.4 Å². The second-order valence-corrected chi connectivity index (χ2v) is 10.2. The van der Waals surface area contributed by atoms with Gasteiger partial charge in [-0.1, -0.05) is 17.4 Å². The highest BCUT2D eigenvalue weighted by Crippen LogP contribution is 2.27. The standard InChI is InChI=1S/C21H22FN3O3S2/c1-3-24-17-11-6-14(2)13-19(17)29-21(24)23-20(26)18-5-4-12-25(18)30(27,28)16-9-7-15(22)8-10-16/h6-11,13,18H,3-5,12H2,1-2H3. The Balaban J connectivity index is 1.71. The summed E-state index contributed by atoms with van der Waals surface area (Å²) in [7, 11) is -3.91. The molecule has 0 radical (unpaired) electrons. The Bertz CT molecular complexity index is 1280. The van der Waals surface area contributed by atoms with Gasteiger partial charge in [0.1, 0.15) is 11.9 Å². The number of carbonyl (C=O) groups is 1. The first kappa shape index (κ1) is 20.9. The molecular formula is C21H22FN3O3S2. The first-order valence-corrected chi connectivity index (χ1v) is 12.0. The maximum atomic E-state index is 13.2. The number of amides is 1. The van der Waals surface area contributed by atoms with Crippen molar-refractivity contribution in [3.63, 3.8) is 0 Å². The summed E-state index contributed by atoms with van der Waals surface area (Å²) in [6.07, 6.45) is 0.991. The summed E-state index contributed by atoms with van der Waals surface area (Å²) in [5.41, 5.74) is 2.12. The van der Waals surface area contributed by atoms with E-state index in [2.05, 4.69) is 11.1 Å². The van der Waals surface area contributed by atoms with Crippen molar-refractivity contribution < 1.29 is 17.6 Å². The molecule has 0 N–H and O–H groups in total. The average molecular weight is 448 g/mol. The summed E-state index contributed by atoms with van der Waals surface area (Å²) in [5, 5.41) is 0. The second-order valence-electron chi connectivity index (χ2n) is 7.28. The first-order chi connectivity index (χ1) is 14.3. The van der Waals surface area contributed by atoms with Crippen LogP contribution in [-0.2, 0) is 21.4 Å². The maximum absolute atomic E-state index is 13.2. The summed E-state index contributed by atoms with van der Waals surface area (Å²) in [5.74, 6) is -0.981. The molecule has 1 amide bonds. The number of aromatic nitrogens is 1. The second kappa shape index (κ2) is 8.05. The van der Waals surface area contributed by atoms with E-state index < -0.39 is 27.8 Å². The largest absolute Gasteiger partial charge is 0.317 e. The van der Waals surface area contributed by atoms with Crippen LogP contribution in [0.5, 0.6) is 0 Å². The number of halogens is 1. The number of fused-ring (bicyclic) bond motifs is 1. The molecular weight excluding hydrogens is 425 g/mol. The van der Waals surface area contributed by atoms with Crippen LogP contribution in [-0.4, -0.2) is 35.8 Å². The Labute approximate surface area is 178 Å². The molecule has 4 rings (SSSR count). The van der Waals surface area contributed by atoms with Crippen molar-refractivity contribution in [2.75, 3.05) is 6.54 Å². The van der Waals surface area contributed by atoms with Gasteiger partial charge in [-0.05, 0) is 68.7 Å². The lowest BCUT2D eigenvalue weighted by atomic mass is 10.2. The number of nitrogens with zero attached hydrogens (tertiary/aromatic N) is 3. The molecule has 1 atom stereocenters. The average Bonchev–Trinajstić information content (AvgIpc) is 3.32. The fourth-order valence-corrected chi connectivity index (χ4v) is 6.61. The smallest absolute Gasteiger partial charge is 0.266 e. The van der Waals surface area contributed by atoms with Gasteiger partial charge >= 0.3 is 0 Å². The van der Waals surface area contributed by atoms with E-state index in [-0.39, 0.29) is 11.4 Å². The fourth-order valence-electron chi connectivity index (χ4n) is 3.76. The third kappa shape index (κ3) is 3.73. The van der Waals surface area contributed by atoms with Gasteiger partial charge in [-0.15, -0.1) is 0 Å². The van der Waals surface area contributed by atoms with Crippen molar-refractivity contribution in [3.8, 4) is 0 Å². The van der Waals surface area contributed by atoms with Crippen molar-refractivity contribution >= 4 is 37.5 Å². The predicted octanol–water partition coefficient (Wildman–Crippen LogP) is 3.45. The van der Waals surface area contributed by atoms with Gasteiger partial charge in [0.15, 0.2) is 4.80 Å². The van der Waals surface area contributed by atoms with Crippen LogP contribution >= 0.6 is 11.3 Å². The molecule has 1 aliphatic rings. The SMILES string of the molecule is CCn1c(=NC(=O)C2CCCN2S(=O)(=O)c2ccc(F)cc2)sc2cc(C)ccc21. The monoisotopic (exact) mass is 447 g/mol. The van der Waals surface area contributed by atoms with E-state index >= 15 is 0 Å². The number of hydrogen-bond donors (Lipinski definition) is 0. The summed E-state index contributed by atoms with van der Waals surface area (Å²) in [6.45, 7) is 4.88. The number of hydrogen-bond acceptors (Lipinski definition) is 4. The number of aryl methyl sites for hydroxylation is 2. The number of sulfonamides is 1. The van der Waals surface area contributed by atoms with Gasteiger partial charge in [-0.2, -0.15) is 9.30 Å². The van der Waals surface area contributed by atoms with E-state index in [0.29, 0.717) is 24.2 Å². The van der Waals surface area contributed by atoms with Gasteiger partial charge in [0.25, 0.3) is 5.91 Å². The van der Waals surface area contributed by atoms with E-state index in [1.165, 1.54) is 27.8 Å². The van der Waals surface area contributed by atoms with E-state index in [4.69, 9.17) is 0 Å². The number of rotatable bonds is 4. The molecule has 9 heteroatoms.